The van der Waals surface area contributed by atoms with E-state index in [1.54, 1.807) is 18.1 Å². The molecule has 4 nitrogen and oxygen atoms in total. The Morgan fingerprint density at radius 3 is 1.96 bits per heavy atom. The SMILES string of the molecule is CCN(Cc1ccccc1)c1ccc(C(=O)N(C)Cc2ccccc2)nc1. The topological polar surface area (TPSA) is 36.4 Å². The molecule has 0 saturated heterocycles. The van der Waals surface area contributed by atoms with Gasteiger partial charge in [0.25, 0.3) is 5.91 Å². The number of nitrogens with zero attached hydrogens (tertiary/aromatic N) is 3. The predicted molar refractivity (Wildman–Crippen MR) is 110 cm³/mol. The fraction of sp³-hybridized carbons (Fsp3) is 0.217. The zero-order valence-corrected chi connectivity index (χ0v) is 15.9. The average Bonchev–Trinajstić information content (AvgIpc) is 2.73. The van der Waals surface area contributed by atoms with E-state index in [0.29, 0.717) is 12.2 Å². The Labute approximate surface area is 161 Å². The molecule has 0 atom stereocenters. The van der Waals surface area contributed by atoms with E-state index in [-0.39, 0.29) is 5.91 Å². The highest BCUT2D eigenvalue weighted by atomic mass is 16.2. The van der Waals surface area contributed by atoms with E-state index >= 15 is 0 Å². The molecule has 0 aliphatic rings. The number of carbonyl (C=O) groups is 1. The third-order valence-corrected chi connectivity index (χ3v) is 4.54. The first-order chi connectivity index (χ1) is 13.2. The quantitative estimate of drug-likeness (QED) is 0.628. The second-order valence-electron chi connectivity index (χ2n) is 6.55. The van der Waals surface area contributed by atoms with Crippen molar-refractivity contribution < 1.29 is 4.79 Å². The van der Waals surface area contributed by atoms with Crippen LogP contribution in [0.5, 0.6) is 0 Å². The first-order valence-electron chi connectivity index (χ1n) is 9.21. The number of amides is 1. The molecule has 0 aliphatic carbocycles. The fourth-order valence-electron chi connectivity index (χ4n) is 3.01. The number of rotatable bonds is 7. The second-order valence-corrected chi connectivity index (χ2v) is 6.55. The van der Waals surface area contributed by atoms with Gasteiger partial charge in [0, 0.05) is 26.7 Å². The van der Waals surface area contributed by atoms with Gasteiger partial charge in [-0.1, -0.05) is 60.7 Å². The lowest BCUT2D eigenvalue weighted by Gasteiger charge is -2.23. The predicted octanol–water partition coefficient (Wildman–Crippen LogP) is 4.38. The molecule has 2 aromatic carbocycles. The number of pyridine rings is 1. The summed E-state index contributed by atoms with van der Waals surface area (Å²) in [4.78, 5) is 21.0. The molecule has 0 spiro atoms. The minimum Gasteiger partial charge on any atom is -0.366 e. The van der Waals surface area contributed by atoms with Crippen molar-refractivity contribution in [1.82, 2.24) is 9.88 Å². The maximum atomic E-state index is 12.6. The molecule has 0 unspecified atom stereocenters. The largest absolute Gasteiger partial charge is 0.366 e. The first kappa shape index (κ1) is 18.6. The molecule has 3 aromatic rings. The summed E-state index contributed by atoms with van der Waals surface area (Å²) in [6.07, 6.45) is 1.79. The molecular weight excluding hydrogens is 334 g/mol. The lowest BCUT2D eigenvalue weighted by molar-refractivity contribution is 0.0779. The summed E-state index contributed by atoms with van der Waals surface area (Å²) in [7, 11) is 1.80. The summed E-state index contributed by atoms with van der Waals surface area (Å²) < 4.78 is 0. The Hall–Kier alpha value is -3.14. The Kier molecular flexibility index (Phi) is 6.21. The van der Waals surface area contributed by atoms with Gasteiger partial charge in [-0.15, -0.1) is 0 Å². The maximum absolute atomic E-state index is 12.6. The molecule has 0 bridgehead atoms. The zero-order valence-electron chi connectivity index (χ0n) is 15.9. The summed E-state index contributed by atoms with van der Waals surface area (Å²) in [5.41, 5.74) is 3.84. The lowest BCUT2D eigenvalue weighted by Crippen LogP contribution is -2.27. The van der Waals surface area contributed by atoms with Crippen molar-refractivity contribution in [3.8, 4) is 0 Å². The van der Waals surface area contributed by atoms with Crippen molar-refractivity contribution in [2.24, 2.45) is 0 Å². The van der Waals surface area contributed by atoms with Crippen molar-refractivity contribution in [2.75, 3.05) is 18.5 Å². The van der Waals surface area contributed by atoms with Crippen LogP contribution < -0.4 is 4.90 Å². The fourth-order valence-corrected chi connectivity index (χ4v) is 3.01. The first-order valence-corrected chi connectivity index (χ1v) is 9.21. The van der Waals surface area contributed by atoms with Gasteiger partial charge in [0.1, 0.15) is 5.69 Å². The lowest BCUT2D eigenvalue weighted by atomic mass is 10.2. The number of hydrogen-bond acceptors (Lipinski definition) is 3. The van der Waals surface area contributed by atoms with Gasteiger partial charge >= 0.3 is 0 Å². The smallest absolute Gasteiger partial charge is 0.272 e. The van der Waals surface area contributed by atoms with E-state index < -0.39 is 0 Å². The Morgan fingerprint density at radius 1 is 0.852 bits per heavy atom. The number of aromatic nitrogens is 1. The summed E-state index contributed by atoms with van der Waals surface area (Å²) >= 11 is 0. The molecule has 0 N–H and O–H groups in total. The standard InChI is InChI=1S/C23H25N3O/c1-3-26(18-20-12-8-5-9-13-20)21-14-15-22(24-16-21)23(27)25(2)17-19-10-6-4-7-11-19/h4-16H,3,17-18H2,1-2H3. The van der Waals surface area contributed by atoms with Gasteiger partial charge < -0.3 is 9.80 Å². The molecule has 3 rings (SSSR count). The van der Waals surface area contributed by atoms with E-state index in [1.165, 1.54) is 5.56 Å². The van der Waals surface area contributed by atoms with Gasteiger partial charge in [-0.2, -0.15) is 0 Å². The minimum absolute atomic E-state index is 0.0727. The van der Waals surface area contributed by atoms with Gasteiger partial charge in [-0.25, -0.2) is 4.98 Å². The molecule has 0 fully saturated rings. The van der Waals surface area contributed by atoms with E-state index in [0.717, 1.165) is 24.3 Å². The Morgan fingerprint density at radius 2 is 1.44 bits per heavy atom. The molecule has 4 heteroatoms. The van der Waals surface area contributed by atoms with Crippen LogP contribution >= 0.6 is 0 Å². The van der Waals surface area contributed by atoms with E-state index in [2.05, 4.69) is 28.9 Å². The normalized spacial score (nSPS) is 10.4. The Bertz CT molecular complexity index is 848. The number of carbonyl (C=O) groups excluding carboxylic acids is 1. The summed E-state index contributed by atoms with van der Waals surface area (Å²) in [5, 5.41) is 0. The van der Waals surface area contributed by atoms with E-state index in [1.807, 2.05) is 60.7 Å². The van der Waals surface area contributed by atoms with Crippen LogP contribution in [0, 0.1) is 0 Å². The zero-order chi connectivity index (χ0) is 19.1. The molecule has 27 heavy (non-hydrogen) atoms. The van der Waals surface area contributed by atoms with Crippen LogP contribution in [-0.2, 0) is 13.1 Å². The molecule has 1 amide bonds. The van der Waals surface area contributed by atoms with Crippen LogP contribution in [0.3, 0.4) is 0 Å². The summed E-state index contributed by atoms with van der Waals surface area (Å²) in [6.45, 7) is 4.38. The van der Waals surface area contributed by atoms with E-state index in [9.17, 15) is 4.79 Å². The van der Waals surface area contributed by atoms with Crippen LogP contribution in [0.2, 0.25) is 0 Å². The van der Waals surface area contributed by atoms with Crippen molar-refractivity contribution in [3.05, 3.63) is 95.8 Å². The highest BCUT2D eigenvalue weighted by Crippen LogP contribution is 2.17. The maximum Gasteiger partial charge on any atom is 0.272 e. The van der Waals surface area contributed by atoms with Crippen molar-refractivity contribution >= 4 is 11.6 Å². The Balaban J connectivity index is 1.67. The van der Waals surface area contributed by atoms with Crippen molar-refractivity contribution in [1.29, 1.82) is 0 Å². The molecule has 138 valence electrons. The molecule has 0 aliphatic heterocycles. The van der Waals surface area contributed by atoms with Gasteiger partial charge in [0.15, 0.2) is 0 Å². The molecule has 0 saturated carbocycles. The highest BCUT2D eigenvalue weighted by Gasteiger charge is 2.14. The molecule has 0 radical (unpaired) electrons. The van der Waals surface area contributed by atoms with Gasteiger partial charge in [-0.3, -0.25) is 4.79 Å². The van der Waals surface area contributed by atoms with Crippen LogP contribution in [0.4, 0.5) is 5.69 Å². The van der Waals surface area contributed by atoms with Crippen molar-refractivity contribution in [2.45, 2.75) is 20.0 Å². The van der Waals surface area contributed by atoms with Crippen LogP contribution in [0.1, 0.15) is 28.5 Å². The molecule has 1 aromatic heterocycles. The monoisotopic (exact) mass is 359 g/mol. The molecular formula is C23H25N3O. The van der Waals surface area contributed by atoms with Crippen LogP contribution in [-0.4, -0.2) is 29.4 Å². The van der Waals surface area contributed by atoms with Gasteiger partial charge in [0.05, 0.1) is 11.9 Å². The summed E-state index contributed by atoms with van der Waals surface area (Å²) in [6, 6.07) is 24.1. The summed E-state index contributed by atoms with van der Waals surface area (Å²) in [5.74, 6) is -0.0727. The van der Waals surface area contributed by atoms with Crippen molar-refractivity contribution in [3.63, 3.8) is 0 Å². The number of anilines is 1. The third kappa shape index (κ3) is 4.94. The van der Waals surface area contributed by atoms with Crippen LogP contribution in [0.15, 0.2) is 79.0 Å². The second kappa shape index (κ2) is 8.99. The van der Waals surface area contributed by atoms with Gasteiger partial charge in [0.2, 0.25) is 0 Å². The third-order valence-electron chi connectivity index (χ3n) is 4.54. The van der Waals surface area contributed by atoms with Gasteiger partial charge in [-0.05, 0) is 30.2 Å². The molecule has 1 heterocycles. The van der Waals surface area contributed by atoms with E-state index in [4.69, 9.17) is 0 Å². The average molecular weight is 359 g/mol. The van der Waals surface area contributed by atoms with Crippen LogP contribution in [0.25, 0.3) is 0 Å². The highest BCUT2D eigenvalue weighted by molar-refractivity contribution is 5.92. The number of hydrogen-bond donors (Lipinski definition) is 0. The minimum atomic E-state index is -0.0727. The number of benzene rings is 2.